The maximum Gasteiger partial charge on any atom is 0.410 e. The van der Waals surface area contributed by atoms with Crippen LogP contribution in [0.3, 0.4) is 0 Å². The number of rotatable bonds is 3. The first-order valence-electron chi connectivity index (χ1n) is 9.32. The number of nitrogens with zero attached hydrogens (tertiary/aromatic N) is 1. The van der Waals surface area contributed by atoms with E-state index in [-0.39, 0.29) is 18.6 Å². The van der Waals surface area contributed by atoms with Gasteiger partial charge in [0.05, 0.1) is 12.1 Å². The van der Waals surface area contributed by atoms with Crippen molar-refractivity contribution in [3.05, 3.63) is 35.9 Å². The predicted molar refractivity (Wildman–Crippen MR) is 99.2 cm³/mol. The number of amides is 2. The van der Waals surface area contributed by atoms with Crippen LogP contribution in [-0.2, 0) is 20.8 Å². The van der Waals surface area contributed by atoms with Crippen molar-refractivity contribution >= 4 is 12.2 Å². The fraction of sp³-hybridized carbons (Fsp3) is 0.600. The molecule has 2 heterocycles. The first-order chi connectivity index (χ1) is 12.8. The highest BCUT2D eigenvalue weighted by Crippen LogP contribution is 2.34. The van der Waals surface area contributed by atoms with Gasteiger partial charge in [0.25, 0.3) is 0 Å². The van der Waals surface area contributed by atoms with Crippen molar-refractivity contribution in [2.75, 3.05) is 26.3 Å². The summed E-state index contributed by atoms with van der Waals surface area (Å²) in [5.74, 6) is 0.114. The number of hydrogen-bond acceptors (Lipinski definition) is 5. The average molecular weight is 376 g/mol. The first-order valence-corrected chi connectivity index (χ1v) is 9.32. The van der Waals surface area contributed by atoms with E-state index in [1.54, 1.807) is 4.90 Å². The molecule has 0 saturated carbocycles. The van der Waals surface area contributed by atoms with Crippen molar-refractivity contribution in [1.29, 1.82) is 0 Å². The second-order valence-corrected chi connectivity index (χ2v) is 8.24. The maximum atomic E-state index is 12.5. The largest absolute Gasteiger partial charge is 0.445 e. The summed E-state index contributed by atoms with van der Waals surface area (Å²) < 4.78 is 16.5. The first kappa shape index (κ1) is 19.5. The third-order valence-electron chi connectivity index (χ3n) is 4.88. The Bertz CT molecular complexity index is 673. The lowest BCUT2D eigenvalue weighted by Gasteiger charge is -2.38. The van der Waals surface area contributed by atoms with Crippen molar-refractivity contribution < 1.29 is 23.8 Å². The Morgan fingerprint density at radius 3 is 2.74 bits per heavy atom. The van der Waals surface area contributed by atoms with E-state index in [2.05, 4.69) is 5.32 Å². The maximum absolute atomic E-state index is 12.5. The predicted octanol–water partition coefficient (Wildman–Crippen LogP) is 2.94. The van der Waals surface area contributed by atoms with Gasteiger partial charge in [0, 0.05) is 25.6 Å². The molecule has 148 valence electrons. The molecule has 2 saturated heterocycles. The summed E-state index contributed by atoms with van der Waals surface area (Å²) in [4.78, 5) is 26.5. The fourth-order valence-corrected chi connectivity index (χ4v) is 3.62. The number of nitrogens with one attached hydrogen (secondary N) is 1. The lowest BCUT2D eigenvalue weighted by atomic mass is 9.84. The standard InChI is InChI=1S/C20H28N2O5/c1-19(2,3)27-17(23)21-20-13-22(11-16(20)9-10-25-14-20)18(24)26-12-15-7-5-4-6-8-15/h4-8,16H,9-14H2,1-3H3,(H,21,23)/t16-,20-/m0/s1. The molecular weight excluding hydrogens is 348 g/mol. The zero-order chi connectivity index (χ0) is 19.5. The van der Waals surface area contributed by atoms with Gasteiger partial charge in [-0.1, -0.05) is 30.3 Å². The molecule has 27 heavy (non-hydrogen) atoms. The zero-order valence-corrected chi connectivity index (χ0v) is 16.2. The second kappa shape index (κ2) is 7.76. The van der Waals surface area contributed by atoms with Crippen LogP contribution in [0.25, 0.3) is 0 Å². The molecule has 1 aromatic carbocycles. The van der Waals surface area contributed by atoms with Crippen LogP contribution in [0.4, 0.5) is 9.59 Å². The SMILES string of the molecule is CC(C)(C)OC(=O)N[C@@]12COCC[C@H]1CN(C(=O)OCc1ccccc1)C2. The molecule has 7 nitrogen and oxygen atoms in total. The molecule has 0 bridgehead atoms. The molecule has 0 spiro atoms. The second-order valence-electron chi connectivity index (χ2n) is 8.24. The molecule has 2 fully saturated rings. The van der Waals surface area contributed by atoms with Crippen molar-refractivity contribution in [3.8, 4) is 0 Å². The van der Waals surface area contributed by atoms with Crippen molar-refractivity contribution in [3.63, 3.8) is 0 Å². The number of benzene rings is 1. The summed E-state index contributed by atoms with van der Waals surface area (Å²) in [7, 11) is 0. The van der Waals surface area contributed by atoms with E-state index in [9.17, 15) is 9.59 Å². The van der Waals surface area contributed by atoms with Crippen LogP contribution in [0, 0.1) is 5.92 Å². The summed E-state index contributed by atoms with van der Waals surface area (Å²) in [5.41, 5.74) is -0.280. The summed E-state index contributed by atoms with van der Waals surface area (Å²) in [6.07, 6.45) is -0.0886. The van der Waals surface area contributed by atoms with Gasteiger partial charge in [-0.2, -0.15) is 0 Å². The van der Waals surface area contributed by atoms with E-state index in [1.165, 1.54) is 0 Å². The van der Waals surface area contributed by atoms with Crippen LogP contribution in [0.5, 0.6) is 0 Å². The molecule has 1 N–H and O–H groups in total. The minimum absolute atomic E-state index is 0.114. The molecule has 0 unspecified atom stereocenters. The van der Waals surface area contributed by atoms with Gasteiger partial charge in [0.2, 0.25) is 0 Å². The molecule has 1 aromatic rings. The highest BCUT2D eigenvalue weighted by atomic mass is 16.6. The van der Waals surface area contributed by atoms with Crippen molar-refractivity contribution in [1.82, 2.24) is 10.2 Å². The van der Waals surface area contributed by atoms with Gasteiger partial charge in [-0.3, -0.25) is 0 Å². The quantitative estimate of drug-likeness (QED) is 0.878. The molecule has 3 rings (SSSR count). The van der Waals surface area contributed by atoms with Crippen LogP contribution in [-0.4, -0.2) is 54.5 Å². The third-order valence-corrected chi connectivity index (χ3v) is 4.88. The van der Waals surface area contributed by atoms with Crippen molar-refractivity contribution in [2.24, 2.45) is 5.92 Å². The molecule has 2 aliphatic rings. The van der Waals surface area contributed by atoms with Gasteiger partial charge in [-0.25, -0.2) is 9.59 Å². The highest BCUT2D eigenvalue weighted by Gasteiger charge is 2.51. The monoisotopic (exact) mass is 376 g/mol. The molecule has 2 aliphatic heterocycles. The van der Waals surface area contributed by atoms with Crippen LogP contribution < -0.4 is 5.32 Å². The van der Waals surface area contributed by atoms with E-state index < -0.39 is 17.2 Å². The Labute approximate surface area is 160 Å². The highest BCUT2D eigenvalue weighted by molar-refractivity contribution is 5.71. The van der Waals surface area contributed by atoms with Gasteiger partial charge >= 0.3 is 12.2 Å². The molecule has 0 radical (unpaired) electrons. The summed E-state index contributed by atoms with van der Waals surface area (Å²) in [6.45, 7) is 7.55. The minimum Gasteiger partial charge on any atom is -0.445 e. The normalized spacial score (nSPS) is 24.9. The van der Waals surface area contributed by atoms with E-state index >= 15 is 0 Å². The summed E-state index contributed by atoms with van der Waals surface area (Å²) in [5, 5.41) is 2.97. The number of carbonyl (C=O) groups excluding carboxylic acids is 2. The van der Waals surface area contributed by atoms with E-state index in [0.29, 0.717) is 26.3 Å². The van der Waals surface area contributed by atoms with E-state index in [0.717, 1.165) is 12.0 Å². The number of carbonyl (C=O) groups is 2. The van der Waals surface area contributed by atoms with Crippen LogP contribution in [0.15, 0.2) is 30.3 Å². The third kappa shape index (κ3) is 4.91. The van der Waals surface area contributed by atoms with Crippen molar-refractivity contribution in [2.45, 2.75) is 44.9 Å². The molecule has 2 amide bonds. The molecule has 7 heteroatoms. The topological polar surface area (TPSA) is 77.1 Å². The van der Waals surface area contributed by atoms with E-state index in [1.807, 2.05) is 51.1 Å². The summed E-state index contributed by atoms with van der Waals surface area (Å²) in [6, 6.07) is 9.56. The van der Waals surface area contributed by atoms with E-state index in [4.69, 9.17) is 14.2 Å². The number of hydrogen-bond donors (Lipinski definition) is 1. The smallest absolute Gasteiger partial charge is 0.410 e. The number of ether oxygens (including phenoxy) is 3. The molecular formula is C20H28N2O5. The van der Waals surface area contributed by atoms with Crippen LogP contribution >= 0.6 is 0 Å². The molecule has 0 aliphatic carbocycles. The van der Waals surface area contributed by atoms with Crippen LogP contribution in [0.1, 0.15) is 32.8 Å². The Balaban J connectivity index is 1.62. The zero-order valence-electron chi connectivity index (χ0n) is 16.2. The number of likely N-dealkylation sites (tertiary alicyclic amines) is 1. The number of fused-ring (bicyclic) bond motifs is 1. The fourth-order valence-electron chi connectivity index (χ4n) is 3.62. The van der Waals surface area contributed by atoms with Gasteiger partial charge in [-0.15, -0.1) is 0 Å². The molecule has 0 aromatic heterocycles. The average Bonchev–Trinajstić information content (AvgIpc) is 2.98. The Morgan fingerprint density at radius 2 is 2.04 bits per heavy atom. The van der Waals surface area contributed by atoms with Gasteiger partial charge in [-0.05, 0) is 32.8 Å². The summed E-state index contributed by atoms with van der Waals surface area (Å²) >= 11 is 0. The van der Waals surface area contributed by atoms with Gasteiger partial charge < -0.3 is 24.4 Å². The van der Waals surface area contributed by atoms with Crippen LogP contribution in [0.2, 0.25) is 0 Å². The van der Waals surface area contributed by atoms with Gasteiger partial charge in [0.15, 0.2) is 0 Å². The Morgan fingerprint density at radius 1 is 1.30 bits per heavy atom. The number of alkyl carbamates (subject to hydrolysis) is 1. The van der Waals surface area contributed by atoms with Gasteiger partial charge in [0.1, 0.15) is 12.2 Å². The molecule has 2 atom stereocenters. The lowest BCUT2D eigenvalue weighted by molar-refractivity contribution is -0.00964. The Kier molecular flexibility index (Phi) is 5.60. The minimum atomic E-state index is -0.633. The Hall–Kier alpha value is -2.28. The lowest BCUT2D eigenvalue weighted by Crippen LogP contribution is -2.60.